The molecule has 0 aromatic heterocycles. The van der Waals surface area contributed by atoms with E-state index in [9.17, 15) is 28.8 Å². The van der Waals surface area contributed by atoms with Crippen LogP contribution in [0.1, 0.15) is 67.2 Å². The van der Waals surface area contributed by atoms with Gasteiger partial charge in [-0.15, -0.1) is 0 Å². The van der Waals surface area contributed by atoms with Gasteiger partial charge in [0.25, 0.3) is 0 Å². The fraction of sp³-hybridized carbons (Fsp3) is 0.533. The van der Waals surface area contributed by atoms with Gasteiger partial charge in [0, 0.05) is 45.0 Å². The third-order valence-electron chi connectivity index (χ3n) is 8.94. The molecule has 4 aliphatic carbocycles. The Balaban J connectivity index is 0.000000211. The van der Waals surface area contributed by atoms with E-state index < -0.39 is 46.4 Å². The van der Waals surface area contributed by atoms with Crippen LogP contribution >= 0.6 is 0 Å². The maximum absolute atomic E-state index is 12.6. The van der Waals surface area contributed by atoms with Gasteiger partial charge in [-0.3, -0.25) is 28.8 Å². The fourth-order valence-electron chi connectivity index (χ4n) is 6.23. The van der Waals surface area contributed by atoms with Gasteiger partial charge in [0.1, 0.15) is 0 Å². The second-order valence-corrected chi connectivity index (χ2v) is 11.5. The number of carbonyl (C=O) groups is 6. The van der Waals surface area contributed by atoms with Crippen LogP contribution in [0.4, 0.5) is 0 Å². The highest BCUT2D eigenvalue weighted by Gasteiger charge is 2.47. The molecule has 0 bridgehead atoms. The van der Waals surface area contributed by atoms with Crippen molar-refractivity contribution in [2.45, 2.75) is 67.2 Å². The number of allylic oxidation sites excluding steroid dienone is 8. The van der Waals surface area contributed by atoms with Crippen LogP contribution in [0.15, 0.2) is 46.6 Å². The maximum atomic E-state index is 12.6. The predicted octanol–water partition coefficient (Wildman–Crippen LogP) is 4.30. The number of hydrogen-bond donors (Lipinski definition) is 2. The average molecular weight is 525 g/mol. The molecule has 0 amide bonds. The van der Waals surface area contributed by atoms with E-state index in [0.29, 0.717) is 48.0 Å². The lowest BCUT2D eigenvalue weighted by Gasteiger charge is -2.40. The lowest BCUT2D eigenvalue weighted by atomic mass is 9.61. The van der Waals surface area contributed by atoms with E-state index in [1.54, 1.807) is 39.8 Å². The van der Waals surface area contributed by atoms with Gasteiger partial charge in [-0.2, -0.15) is 0 Å². The summed E-state index contributed by atoms with van der Waals surface area (Å²) in [7, 11) is 0. The molecule has 8 heteroatoms. The molecule has 4 rings (SSSR count). The largest absolute Gasteiger partial charge is 0.481 e. The number of carboxylic acids is 2. The Morgan fingerprint density at radius 2 is 1.05 bits per heavy atom. The number of hydrogen-bond acceptors (Lipinski definition) is 6. The van der Waals surface area contributed by atoms with Gasteiger partial charge in [-0.05, 0) is 51.7 Å². The molecule has 0 spiro atoms. The van der Waals surface area contributed by atoms with Crippen molar-refractivity contribution in [1.29, 1.82) is 0 Å². The molecular weight excluding hydrogens is 488 g/mol. The van der Waals surface area contributed by atoms with Crippen LogP contribution in [-0.2, 0) is 28.8 Å². The molecule has 8 nitrogen and oxygen atoms in total. The Morgan fingerprint density at radius 1 is 0.737 bits per heavy atom. The molecule has 4 aliphatic rings. The van der Waals surface area contributed by atoms with Crippen molar-refractivity contribution in [3.05, 3.63) is 46.6 Å². The van der Waals surface area contributed by atoms with E-state index in [1.165, 1.54) is 12.2 Å². The summed E-state index contributed by atoms with van der Waals surface area (Å²) in [4.78, 5) is 70.7. The molecule has 0 aromatic rings. The van der Waals surface area contributed by atoms with Gasteiger partial charge in [-0.25, -0.2) is 0 Å². The standard InChI is InChI=1S/2C15H18O4/c2*1-8(14(18)19)10-4-6-15(3)7-5-11(16)9(2)12(15)13(10)17/h2*5,7-8,10H,4,6H2,1-3H3,(H,18,19)/t2*8-,10-,15-/m00/s1. The van der Waals surface area contributed by atoms with Crippen LogP contribution in [0.25, 0.3) is 0 Å². The normalized spacial score (nSPS) is 32.3. The van der Waals surface area contributed by atoms with Crippen LogP contribution in [0.2, 0.25) is 0 Å². The van der Waals surface area contributed by atoms with Gasteiger partial charge in [0.05, 0.1) is 11.8 Å². The molecule has 0 aromatic carbocycles. The minimum absolute atomic E-state index is 0.149. The molecule has 0 aliphatic heterocycles. The topological polar surface area (TPSA) is 143 Å². The zero-order valence-electron chi connectivity index (χ0n) is 22.8. The molecule has 0 unspecified atom stereocenters. The van der Waals surface area contributed by atoms with Crippen LogP contribution in [0, 0.1) is 34.5 Å². The van der Waals surface area contributed by atoms with Crippen molar-refractivity contribution >= 4 is 35.1 Å². The minimum Gasteiger partial charge on any atom is -0.481 e. The first-order valence-electron chi connectivity index (χ1n) is 13.0. The molecule has 204 valence electrons. The summed E-state index contributed by atoms with van der Waals surface area (Å²) >= 11 is 0. The van der Waals surface area contributed by atoms with E-state index >= 15 is 0 Å². The van der Waals surface area contributed by atoms with E-state index in [0.717, 1.165) is 0 Å². The molecular formula is C30H36O8. The van der Waals surface area contributed by atoms with Gasteiger partial charge < -0.3 is 10.2 Å². The summed E-state index contributed by atoms with van der Waals surface area (Å²) < 4.78 is 0. The highest BCUT2D eigenvalue weighted by atomic mass is 16.4. The molecule has 38 heavy (non-hydrogen) atoms. The third kappa shape index (κ3) is 5.00. The van der Waals surface area contributed by atoms with Crippen molar-refractivity contribution < 1.29 is 39.0 Å². The summed E-state index contributed by atoms with van der Waals surface area (Å²) in [6, 6.07) is 0. The van der Waals surface area contributed by atoms with Gasteiger partial charge >= 0.3 is 11.9 Å². The first kappa shape index (κ1) is 29.1. The summed E-state index contributed by atoms with van der Waals surface area (Å²) in [5, 5.41) is 18.2. The van der Waals surface area contributed by atoms with Crippen LogP contribution < -0.4 is 0 Å². The van der Waals surface area contributed by atoms with Crippen LogP contribution in [0.3, 0.4) is 0 Å². The monoisotopic (exact) mass is 524 g/mol. The predicted molar refractivity (Wildman–Crippen MR) is 139 cm³/mol. The molecule has 0 radical (unpaired) electrons. The molecule has 2 fully saturated rings. The minimum atomic E-state index is -0.960. The van der Waals surface area contributed by atoms with Crippen LogP contribution in [0.5, 0.6) is 0 Å². The molecule has 6 atom stereocenters. The summed E-state index contributed by atoms with van der Waals surface area (Å²) in [6.45, 7) is 10.3. The van der Waals surface area contributed by atoms with Gasteiger partial charge in [0.2, 0.25) is 0 Å². The maximum Gasteiger partial charge on any atom is 0.306 e. The quantitative estimate of drug-likeness (QED) is 0.554. The smallest absolute Gasteiger partial charge is 0.306 e. The second kappa shape index (κ2) is 10.4. The number of aliphatic carboxylic acids is 2. The highest BCUT2D eigenvalue weighted by Crippen LogP contribution is 2.48. The highest BCUT2D eigenvalue weighted by molar-refractivity contribution is 6.15. The zero-order valence-corrected chi connectivity index (χ0v) is 22.8. The number of ketones is 4. The molecule has 0 saturated heterocycles. The van der Waals surface area contributed by atoms with Crippen molar-refractivity contribution in [3.63, 3.8) is 0 Å². The zero-order chi connectivity index (χ0) is 28.7. The van der Waals surface area contributed by atoms with Crippen LogP contribution in [-0.4, -0.2) is 45.3 Å². The van der Waals surface area contributed by atoms with Crippen molar-refractivity contribution in [3.8, 4) is 0 Å². The van der Waals surface area contributed by atoms with Crippen molar-refractivity contribution in [2.24, 2.45) is 34.5 Å². The average Bonchev–Trinajstić information content (AvgIpc) is 2.84. The SMILES string of the molecule is CC1=C2C(=O)[C@H]([C@H](C)C(=O)O)CC[C@@]2(C)C=CC1=O.CC1=C2C(=O)[C@H]([C@H](C)C(=O)O)CC[C@@]2(C)C=CC1=O. The lowest BCUT2D eigenvalue weighted by molar-refractivity contribution is -0.146. The fourth-order valence-corrected chi connectivity index (χ4v) is 6.23. The number of Topliss-reactive ketones (excluding diaryl/α,β-unsaturated/α-hetero) is 2. The number of carbonyl (C=O) groups excluding carboxylic acids is 4. The summed E-state index contributed by atoms with van der Waals surface area (Å²) in [5.41, 5.74) is 1.15. The lowest BCUT2D eigenvalue weighted by Crippen LogP contribution is -2.41. The van der Waals surface area contributed by atoms with Crippen molar-refractivity contribution in [1.82, 2.24) is 0 Å². The summed E-state index contributed by atoms with van der Waals surface area (Å²) in [6.07, 6.45) is 9.14. The Bertz CT molecular complexity index is 1150. The molecule has 2 saturated carbocycles. The first-order chi connectivity index (χ1) is 17.6. The first-order valence-corrected chi connectivity index (χ1v) is 13.0. The van der Waals surface area contributed by atoms with E-state index in [4.69, 9.17) is 10.2 Å². The Labute approximate surface area is 222 Å². The second-order valence-electron chi connectivity index (χ2n) is 11.5. The number of rotatable bonds is 4. The Kier molecular flexibility index (Phi) is 7.97. The van der Waals surface area contributed by atoms with Crippen molar-refractivity contribution in [2.75, 3.05) is 0 Å². The number of carboxylic acid groups (broad SMARTS) is 2. The van der Waals surface area contributed by atoms with E-state index in [-0.39, 0.29) is 23.1 Å². The van der Waals surface area contributed by atoms with Gasteiger partial charge in [0.15, 0.2) is 23.1 Å². The third-order valence-corrected chi connectivity index (χ3v) is 8.94. The van der Waals surface area contributed by atoms with E-state index in [1.807, 2.05) is 13.8 Å². The van der Waals surface area contributed by atoms with Gasteiger partial charge in [-0.1, -0.05) is 39.8 Å². The summed E-state index contributed by atoms with van der Waals surface area (Å²) in [5.74, 6) is -5.01. The molecule has 0 heterocycles. The number of fused-ring (bicyclic) bond motifs is 2. The Hall–Kier alpha value is -3.42. The van der Waals surface area contributed by atoms with E-state index in [2.05, 4.69) is 0 Å². The Morgan fingerprint density at radius 3 is 1.34 bits per heavy atom. The molecule has 2 N–H and O–H groups in total.